The molecular formula is C14H14N2O2S. The van der Waals surface area contributed by atoms with Gasteiger partial charge in [0.2, 0.25) is 0 Å². The van der Waals surface area contributed by atoms with Crippen molar-refractivity contribution in [2.45, 2.75) is 12.6 Å². The van der Waals surface area contributed by atoms with Crippen LogP contribution in [0.3, 0.4) is 0 Å². The summed E-state index contributed by atoms with van der Waals surface area (Å²) in [5, 5.41) is 15.1. The van der Waals surface area contributed by atoms with E-state index in [1.54, 1.807) is 29.7 Å². The number of aromatic nitrogens is 1. The van der Waals surface area contributed by atoms with Crippen molar-refractivity contribution in [3.63, 3.8) is 0 Å². The second kappa shape index (κ2) is 5.52. The first kappa shape index (κ1) is 12.3. The maximum absolute atomic E-state index is 9.86. The van der Waals surface area contributed by atoms with Gasteiger partial charge in [-0.05, 0) is 35.2 Å². The molecule has 0 fully saturated rings. The molecule has 0 saturated heterocycles. The molecule has 5 heteroatoms. The van der Waals surface area contributed by atoms with E-state index in [1.807, 2.05) is 17.6 Å². The predicted molar refractivity (Wildman–Crippen MR) is 75.0 cm³/mol. The van der Waals surface area contributed by atoms with Gasteiger partial charge in [0.05, 0.1) is 16.5 Å². The lowest BCUT2D eigenvalue weighted by molar-refractivity contribution is 0.147. The zero-order valence-electron chi connectivity index (χ0n) is 10.2. The van der Waals surface area contributed by atoms with Gasteiger partial charge in [0.25, 0.3) is 0 Å². The van der Waals surface area contributed by atoms with Gasteiger partial charge in [-0.15, -0.1) is 11.3 Å². The minimum Gasteiger partial charge on any atom is -0.467 e. The van der Waals surface area contributed by atoms with E-state index < -0.39 is 6.10 Å². The van der Waals surface area contributed by atoms with E-state index in [2.05, 4.69) is 16.4 Å². The zero-order valence-corrected chi connectivity index (χ0v) is 11.1. The Hall–Kier alpha value is -1.69. The van der Waals surface area contributed by atoms with E-state index in [0.717, 1.165) is 11.1 Å². The minimum absolute atomic E-state index is 0.454. The summed E-state index contributed by atoms with van der Waals surface area (Å²) in [5.41, 5.74) is 2.14. The van der Waals surface area contributed by atoms with Gasteiger partial charge in [0.15, 0.2) is 0 Å². The molecule has 1 atom stereocenters. The van der Waals surface area contributed by atoms with Crippen LogP contribution in [0.4, 0.5) is 0 Å². The Morgan fingerprint density at radius 2 is 2.37 bits per heavy atom. The number of rotatable bonds is 5. The molecule has 2 N–H and O–H groups in total. The number of aliphatic hydroxyl groups excluding tert-OH is 1. The highest BCUT2D eigenvalue weighted by atomic mass is 32.1. The van der Waals surface area contributed by atoms with Crippen molar-refractivity contribution in [1.29, 1.82) is 0 Å². The van der Waals surface area contributed by atoms with Crippen molar-refractivity contribution in [3.05, 3.63) is 53.4 Å². The molecule has 3 aromatic rings. The van der Waals surface area contributed by atoms with Crippen LogP contribution in [0, 0.1) is 0 Å². The SMILES string of the molecule is OC(CNCc1cnc2ccsc2c1)c1ccco1. The molecule has 0 aliphatic heterocycles. The predicted octanol–water partition coefficient (Wildman–Crippen LogP) is 2.71. The lowest BCUT2D eigenvalue weighted by atomic mass is 10.2. The average molecular weight is 274 g/mol. The van der Waals surface area contributed by atoms with Gasteiger partial charge in [-0.2, -0.15) is 0 Å². The minimum atomic E-state index is -0.617. The van der Waals surface area contributed by atoms with Crippen LogP contribution < -0.4 is 5.32 Å². The fourth-order valence-electron chi connectivity index (χ4n) is 1.92. The first-order valence-corrected chi connectivity index (χ1v) is 6.95. The Bertz CT molecular complexity index is 648. The van der Waals surface area contributed by atoms with Crippen LogP contribution in [0.2, 0.25) is 0 Å². The molecule has 3 aromatic heterocycles. The van der Waals surface area contributed by atoms with Crippen molar-refractivity contribution in [3.8, 4) is 0 Å². The second-order valence-electron chi connectivity index (χ2n) is 4.31. The quantitative estimate of drug-likeness (QED) is 0.751. The van der Waals surface area contributed by atoms with Crippen LogP contribution in [0.1, 0.15) is 17.4 Å². The number of pyridine rings is 1. The Morgan fingerprint density at radius 1 is 1.42 bits per heavy atom. The van der Waals surface area contributed by atoms with Crippen LogP contribution >= 0.6 is 11.3 Å². The third-order valence-electron chi connectivity index (χ3n) is 2.90. The molecule has 19 heavy (non-hydrogen) atoms. The Labute approximate surface area is 114 Å². The van der Waals surface area contributed by atoms with Crippen LogP contribution in [-0.4, -0.2) is 16.6 Å². The van der Waals surface area contributed by atoms with E-state index in [-0.39, 0.29) is 0 Å². The number of nitrogens with zero attached hydrogens (tertiary/aromatic N) is 1. The maximum Gasteiger partial charge on any atom is 0.133 e. The van der Waals surface area contributed by atoms with Crippen molar-refractivity contribution in [2.75, 3.05) is 6.54 Å². The Morgan fingerprint density at radius 3 is 3.21 bits per heavy atom. The van der Waals surface area contributed by atoms with Gasteiger partial charge in [-0.3, -0.25) is 4.98 Å². The Balaban J connectivity index is 1.57. The molecule has 1 unspecified atom stereocenters. The van der Waals surface area contributed by atoms with Crippen LogP contribution in [0.5, 0.6) is 0 Å². The molecule has 0 aliphatic rings. The molecule has 0 spiro atoms. The standard InChI is InChI=1S/C14H14N2O2S/c17-12(13-2-1-4-18-13)9-15-7-10-6-14-11(16-8-10)3-5-19-14/h1-6,8,12,15,17H,7,9H2. The van der Waals surface area contributed by atoms with Crippen molar-refractivity contribution in [2.24, 2.45) is 0 Å². The van der Waals surface area contributed by atoms with Gasteiger partial charge < -0.3 is 14.8 Å². The summed E-state index contributed by atoms with van der Waals surface area (Å²) >= 11 is 1.68. The number of nitrogens with one attached hydrogen (secondary N) is 1. The lowest BCUT2D eigenvalue weighted by Gasteiger charge is -2.09. The zero-order chi connectivity index (χ0) is 13.1. The normalized spacial score (nSPS) is 12.9. The highest BCUT2D eigenvalue weighted by molar-refractivity contribution is 7.17. The number of hydrogen-bond donors (Lipinski definition) is 2. The topological polar surface area (TPSA) is 58.3 Å². The molecule has 0 saturated carbocycles. The van der Waals surface area contributed by atoms with E-state index in [4.69, 9.17) is 4.42 Å². The molecule has 3 rings (SSSR count). The number of furan rings is 1. The average Bonchev–Trinajstić information content (AvgIpc) is 3.09. The fourth-order valence-corrected chi connectivity index (χ4v) is 2.72. The first-order valence-electron chi connectivity index (χ1n) is 6.07. The smallest absolute Gasteiger partial charge is 0.133 e. The van der Waals surface area contributed by atoms with Crippen LogP contribution in [0.15, 0.2) is 46.5 Å². The number of fused-ring (bicyclic) bond motifs is 1. The molecule has 0 amide bonds. The summed E-state index contributed by atoms with van der Waals surface area (Å²) in [4.78, 5) is 4.38. The molecule has 0 aromatic carbocycles. The van der Waals surface area contributed by atoms with Crippen molar-refractivity contribution in [1.82, 2.24) is 10.3 Å². The molecular weight excluding hydrogens is 260 g/mol. The summed E-state index contributed by atoms with van der Waals surface area (Å²) in [7, 11) is 0. The summed E-state index contributed by atoms with van der Waals surface area (Å²) in [6.45, 7) is 1.13. The van der Waals surface area contributed by atoms with Gasteiger partial charge >= 0.3 is 0 Å². The fraction of sp³-hybridized carbons (Fsp3) is 0.214. The number of thiophene rings is 1. The Kier molecular flexibility index (Phi) is 3.59. The molecule has 98 valence electrons. The molecule has 0 bridgehead atoms. The van der Waals surface area contributed by atoms with Crippen molar-refractivity contribution < 1.29 is 9.52 Å². The van der Waals surface area contributed by atoms with E-state index in [0.29, 0.717) is 18.8 Å². The van der Waals surface area contributed by atoms with E-state index >= 15 is 0 Å². The van der Waals surface area contributed by atoms with Crippen LogP contribution in [-0.2, 0) is 6.54 Å². The van der Waals surface area contributed by atoms with Crippen molar-refractivity contribution >= 4 is 21.6 Å². The van der Waals surface area contributed by atoms with Gasteiger partial charge in [-0.25, -0.2) is 0 Å². The monoisotopic (exact) mass is 274 g/mol. The number of aliphatic hydroxyl groups is 1. The summed E-state index contributed by atoms with van der Waals surface area (Å²) in [5.74, 6) is 0.583. The highest BCUT2D eigenvalue weighted by Crippen LogP contribution is 2.19. The molecule has 0 radical (unpaired) electrons. The lowest BCUT2D eigenvalue weighted by Crippen LogP contribution is -2.20. The summed E-state index contributed by atoms with van der Waals surface area (Å²) in [6.07, 6.45) is 2.81. The third kappa shape index (κ3) is 2.84. The number of hydrogen-bond acceptors (Lipinski definition) is 5. The third-order valence-corrected chi connectivity index (χ3v) is 3.75. The largest absolute Gasteiger partial charge is 0.467 e. The van der Waals surface area contributed by atoms with E-state index in [9.17, 15) is 5.11 Å². The molecule has 4 nitrogen and oxygen atoms in total. The molecule has 0 aliphatic carbocycles. The maximum atomic E-state index is 9.86. The highest BCUT2D eigenvalue weighted by Gasteiger charge is 2.09. The first-order chi connectivity index (χ1) is 9.33. The van der Waals surface area contributed by atoms with Gasteiger partial charge in [-0.1, -0.05) is 0 Å². The van der Waals surface area contributed by atoms with Crippen LogP contribution in [0.25, 0.3) is 10.2 Å². The summed E-state index contributed by atoms with van der Waals surface area (Å²) in [6, 6.07) is 7.68. The second-order valence-corrected chi connectivity index (χ2v) is 5.26. The van der Waals surface area contributed by atoms with E-state index in [1.165, 1.54) is 4.70 Å². The van der Waals surface area contributed by atoms with Gasteiger partial charge in [0.1, 0.15) is 11.9 Å². The van der Waals surface area contributed by atoms with Gasteiger partial charge in [0, 0.05) is 19.3 Å². The molecule has 3 heterocycles. The summed E-state index contributed by atoms with van der Waals surface area (Å²) < 4.78 is 6.33.